The van der Waals surface area contributed by atoms with E-state index in [1.165, 1.54) is 82.7 Å². The lowest BCUT2D eigenvalue weighted by molar-refractivity contribution is 0.569. The van der Waals surface area contributed by atoms with Crippen molar-refractivity contribution in [2.45, 2.75) is 78.6 Å². The Bertz CT molecular complexity index is 3060. The summed E-state index contributed by atoms with van der Waals surface area (Å²) in [6.07, 6.45) is 0. The number of hydrogen-bond donors (Lipinski definition) is 0. The molecule has 0 saturated carbocycles. The van der Waals surface area contributed by atoms with E-state index in [2.05, 4.69) is 261 Å². The fourth-order valence-electron chi connectivity index (χ4n) is 9.16. The van der Waals surface area contributed by atoms with Crippen molar-refractivity contribution in [3.63, 3.8) is 0 Å². The largest absolute Gasteiger partial charge is 0.309 e. The van der Waals surface area contributed by atoms with E-state index >= 15 is 0 Å². The van der Waals surface area contributed by atoms with Crippen molar-refractivity contribution < 1.29 is 0 Å². The Balaban J connectivity index is 1.34. The van der Waals surface area contributed by atoms with Crippen LogP contribution in [0, 0.1) is 0 Å². The summed E-state index contributed by atoms with van der Waals surface area (Å²) in [7, 11) is 0. The first-order valence-corrected chi connectivity index (χ1v) is 22.5. The average Bonchev–Trinajstić information content (AvgIpc) is 3.28. The Morgan fingerprint density at radius 3 is 1.27 bits per heavy atom. The third-order valence-electron chi connectivity index (χ3n) is 12.7. The smallest absolute Gasteiger partial charge is 0.0540 e. The van der Waals surface area contributed by atoms with Crippen LogP contribution < -0.4 is 4.90 Å². The third kappa shape index (κ3) is 8.10. The van der Waals surface area contributed by atoms with Crippen molar-refractivity contribution in [1.29, 1.82) is 0 Å². The molecule has 1 heteroatoms. The number of rotatable bonds is 7. The minimum Gasteiger partial charge on any atom is -0.309 e. The minimum absolute atomic E-state index is 0.00550. The topological polar surface area (TPSA) is 3.24 Å². The van der Waals surface area contributed by atoms with E-state index < -0.39 is 0 Å². The fourth-order valence-corrected chi connectivity index (χ4v) is 9.16. The monoisotopic (exact) mass is 817 g/mol. The van der Waals surface area contributed by atoms with Crippen molar-refractivity contribution >= 4 is 38.6 Å². The number of benzene rings is 9. The zero-order valence-electron chi connectivity index (χ0n) is 38.4. The Kier molecular flexibility index (Phi) is 10.7. The molecule has 0 heterocycles. The van der Waals surface area contributed by atoms with Crippen LogP contribution in [0.1, 0.15) is 79.0 Å². The van der Waals surface area contributed by atoms with Gasteiger partial charge in [0.25, 0.3) is 0 Å². The normalized spacial score (nSPS) is 12.2. The van der Waals surface area contributed by atoms with Gasteiger partial charge >= 0.3 is 0 Å². The van der Waals surface area contributed by atoms with Crippen molar-refractivity contribution in [3.05, 3.63) is 211 Å². The molecule has 0 aliphatic rings. The van der Waals surface area contributed by atoms with Crippen LogP contribution in [-0.4, -0.2) is 0 Å². The van der Waals surface area contributed by atoms with Gasteiger partial charge in [0, 0.05) is 16.7 Å². The number of anilines is 3. The summed E-state index contributed by atoms with van der Waals surface area (Å²) in [6, 6.07) is 72.5. The lowest BCUT2D eigenvalue weighted by Crippen LogP contribution is -2.16. The standard InChI is InChI=1S/C62H59N/c1-60(2,3)46-37-35-43(36-38-46)50-26-12-15-32-56(50)63(57-33-16-13-27-53(57)52-30-18-22-42-21-10-11-25-49(42)52)58-34-17-14-28-54(58)55-31-20-24-44-23-19-29-51(59(44)55)45-39-47(61(4,5)6)41-48(40-45)62(7,8)9/h10-41H,1-9H3. The highest BCUT2D eigenvalue weighted by Crippen LogP contribution is 2.50. The first-order valence-electron chi connectivity index (χ1n) is 22.5. The molecule has 0 unspecified atom stereocenters. The van der Waals surface area contributed by atoms with Gasteiger partial charge in [0.1, 0.15) is 0 Å². The Morgan fingerprint density at radius 2 is 0.698 bits per heavy atom. The molecule has 0 aromatic heterocycles. The molecule has 0 atom stereocenters. The number of hydrogen-bond acceptors (Lipinski definition) is 1. The van der Waals surface area contributed by atoms with Crippen LogP contribution in [0.3, 0.4) is 0 Å². The van der Waals surface area contributed by atoms with Gasteiger partial charge < -0.3 is 4.90 Å². The zero-order chi connectivity index (χ0) is 44.1. The first kappa shape index (κ1) is 41.6. The van der Waals surface area contributed by atoms with E-state index in [4.69, 9.17) is 0 Å². The van der Waals surface area contributed by atoms with Crippen molar-refractivity contribution in [3.8, 4) is 44.5 Å². The van der Waals surface area contributed by atoms with Crippen molar-refractivity contribution in [2.24, 2.45) is 0 Å². The maximum atomic E-state index is 2.53. The van der Waals surface area contributed by atoms with Gasteiger partial charge in [-0.2, -0.15) is 0 Å². The Morgan fingerprint density at radius 1 is 0.286 bits per heavy atom. The molecular weight excluding hydrogens is 759 g/mol. The Hall–Kier alpha value is -6.70. The van der Waals surface area contributed by atoms with E-state index in [1.54, 1.807) is 0 Å². The lowest BCUT2D eigenvalue weighted by Gasteiger charge is -2.32. The summed E-state index contributed by atoms with van der Waals surface area (Å²) < 4.78 is 0. The van der Waals surface area contributed by atoms with Gasteiger partial charge in [0.05, 0.1) is 17.1 Å². The summed E-state index contributed by atoms with van der Waals surface area (Å²) >= 11 is 0. The van der Waals surface area contributed by atoms with Crippen LogP contribution in [0.15, 0.2) is 194 Å². The first-order chi connectivity index (χ1) is 30.2. The predicted octanol–water partition coefficient (Wildman–Crippen LogP) is 18.0. The van der Waals surface area contributed by atoms with E-state index in [1.807, 2.05) is 0 Å². The maximum Gasteiger partial charge on any atom is 0.0540 e. The van der Waals surface area contributed by atoms with Gasteiger partial charge in [0.15, 0.2) is 0 Å². The lowest BCUT2D eigenvalue weighted by atomic mass is 9.78. The molecule has 0 saturated heterocycles. The van der Waals surface area contributed by atoms with Crippen LogP contribution in [0.5, 0.6) is 0 Å². The van der Waals surface area contributed by atoms with E-state index in [0.717, 1.165) is 17.1 Å². The third-order valence-corrected chi connectivity index (χ3v) is 12.7. The molecule has 0 aliphatic heterocycles. The van der Waals surface area contributed by atoms with Crippen molar-refractivity contribution in [2.75, 3.05) is 4.90 Å². The molecule has 0 N–H and O–H groups in total. The molecule has 0 spiro atoms. The van der Waals surface area contributed by atoms with Gasteiger partial charge in [-0.05, 0) is 100 Å². The summed E-state index contributed by atoms with van der Waals surface area (Å²) in [5.74, 6) is 0. The van der Waals surface area contributed by atoms with Gasteiger partial charge in [-0.3, -0.25) is 0 Å². The molecule has 0 amide bonds. The van der Waals surface area contributed by atoms with Crippen LogP contribution in [0.4, 0.5) is 17.1 Å². The fraction of sp³-hybridized carbons (Fsp3) is 0.194. The molecule has 0 aliphatic carbocycles. The highest BCUT2D eigenvalue weighted by Gasteiger charge is 2.26. The predicted molar refractivity (Wildman–Crippen MR) is 274 cm³/mol. The Labute approximate surface area is 375 Å². The van der Waals surface area contributed by atoms with Gasteiger partial charge in [-0.1, -0.05) is 238 Å². The molecule has 1 nitrogen and oxygen atoms in total. The van der Waals surface area contributed by atoms with Crippen molar-refractivity contribution in [1.82, 2.24) is 0 Å². The van der Waals surface area contributed by atoms with Gasteiger partial charge in [-0.25, -0.2) is 0 Å². The van der Waals surface area contributed by atoms with Gasteiger partial charge in [0.2, 0.25) is 0 Å². The molecule has 63 heavy (non-hydrogen) atoms. The van der Waals surface area contributed by atoms with E-state index in [-0.39, 0.29) is 16.2 Å². The summed E-state index contributed by atoms with van der Waals surface area (Å²) in [5, 5.41) is 4.94. The minimum atomic E-state index is -0.00550. The summed E-state index contributed by atoms with van der Waals surface area (Å²) in [4.78, 5) is 2.53. The summed E-state index contributed by atoms with van der Waals surface area (Å²) in [6.45, 7) is 20.8. The molecule has 9 aromatic rings. The molecule has 0 bridgehead atoms. The SMILES string of the molecule is CC(C)(C)c1ccc(-c2ccccc2N(c2ccccc2-c2cccc3ccccc23)c2ccccc2-c2cccc3cccc(-c4cc(C(C)(C)C)cc(C(C)(C)C)c4)c23)cc1. The average molecular weight is 818 g/mol. The number of fused-ring (bicyclic) bond motifs is 2. The molecule has 0 fully saturated rings. The van der Waals surface area contributed by atoms with E-state index in [0.29, 0.717) is 0 Å². The summed E-state index contributed by atoms with van der Waals surface area (Å²) in [5.41, 5.74) is 17.0. The molecule has 9 aromatic carbocycles. The number of para-hydroxylation sites is 3. The quantitative estimate of drug-likeness (QED) is 0.155. The van der Waals surface area contributed by atoms with Crippen LogP contribution in [-0.2, 0) is 16.2 Å². The molecule has 312 valence electrons. The highest BCUT2D eigenvalue weighted by atomic mass is 15.1. The van der Waals surface area contributed by atoms with Gasteiger partial charge in [-0.15, -0.1) is 0 Å². The molecule has 0 radical (unpaired) electrons. The van der Waals surface area contributed by atoms with E-state index in [9.17, 15) is 0 Å². The molecular formula is C62H59N. The second kappa shape index (κ2) is 16.2. The maximum absolute atomic E-state index is 2.53. The van der Waals surface area contributed by atoms with Crippen LogP contribution >= 0.6 is 0 Å². The highest BCUT2D eigenvalue weighted by molar-refractivity contribution is 6.10. The zero-order valence-corrected chi connectivity index (χ0v) is 38.4. The number of nitrogens with zero attached hydrogens (tertiary/aromatic N) is 1. The van der Waals surface area contributed by atoms with Crippen LogP contribution in [0.25, 0.3) is 66.1 Å². The molecule has 9 rings (SSSR count). The van der Waals surface area contributed by atoms with Crippen LogP contribution in [0.2, 0.25) is 0 Å². The second-order valence-corrected chi connectivity index (χ2v) is 20.2. The second-order valence-electron chi connectivity index (χ2n) is 20.2.